The van der Waals surface area contributed by atoms with Crippen LogP contribution in [-0.2, 0) is 4.74 Å². The van der Waals surface area contributed by atoms with Crippen molar-refractivity contribution in [3.8, 4) is 5.75 Å². The van der Waals surface area contributed by atoms with Crippen molar-refractivity contribution in [3.05, 3.63) is 34.1 Å². The van der Waals surface area contributed by atoms with Gasteiger partial charge in [0.25, 0.3) is 0 Å². The highest BCUT2D eigenvalue weighted by molar-refractivity contribution is 6.21. The molecule has 1 aliphatic rings. The topological polar surface area (TPSA) is 61.6 Å². The van der Waals surface area contributed by atoms with E-state index in [0.717, 1.165) is 12.1 Å². The number of hydrogen-bond donors (Lipinski definition) is 0. The van der Waals surface area contributed by atoms with Gasteiger partial charge in [-0.3, -0.25) is 10.1 Å². The highest BCUT2D eigenvalue weighted by Crippen LogP contribution is 2.36. The van der Waals surface area contributed by atoms with E-state index >= 15 is 0 Å². The van der Waals surface area contributed by atoms with Crippen LogP contribution >= 0.6 is 11.6 Å². The van der Waals surface area contributed by atoms with E-state index in [2.05, 4.69) is 0 Å². The molecule has 0 bridgehead atoms. The lowest BCUT2D eigenvalue weighted by molar-refractivity contribution is -0.386. The molecule has 3 atom stereocenters. The smallest absolute Gasteiger partial charge is 0.313 e. The highest BCUT2D eigenvalue weighted by Gasteiger charge is 2.43. The lowest BCUT2D eigenvalue weighted by atomic mass is 9.91. The zero-order valence-corrected chi connectivity index (χ0v) is 11.0. The number of halogens is 2. The summed E-state index contributed by atoms with van der Waals surface area (Å²) in [6.45, 7) is 2.32. The molecule has 7 heteroatoms. The third-order valence-electron chi connectivity index (χ3n) is 2.94. The number of nitrogens with zero attached hydrogens (tertiary/aromatic N) is 1. The van der Waals surface area contributed by atoms with Crippen molar-refractivity contribution in [2.75, 3.05) is 6.61 Å². The van der Waals surface area contributed by atoms with Gasteiger partial charge >= 0.3 is 5.69 Å². The van der Waals surface area contributed by atoms with Gasteiger partial charge in [0.15, 0.2) is 5.75 Å². The third-order valence-corrected chi connectivity index (χ3v) is 3.36. The fraction of sp³-hybridized carbons (Fsp3) is 0.500. The largest absolute Gasteiger partial charge is 0.481 e. The predicted molar refractivity (Wildman–Crippen MR) is 67.1 cm³/mol. The first-order chi connectivity index (χ1) is 9.02. The molecule has 19 heavy (non-hydrogen) atoms. The molecule has 1 fully saturated rings. The summed E-state index contributed by atoms with van der Waals surface area (Å²) in [6, 6.07) is 3.20. The monoisotopic (exact) mass is 289 g/mol. The van der Waals surface area contributed by atoms with Crippen molar-refractivity contribution >= 4 is 17.3 Å². The van der Waals surface area contributed by atoms with Gasteiger partial charge in [0.05, 0.1) is 16.4 Å². The highest BCUT2D eigenvalue weighted by atomic mass is 35.5. The quantitative estimate of drug-likeness (QED) is 0.475. The number of ether oxygens (including phenoxy) is 2. The minimum atomic E-state index is -0.677. The maximum Gasteiger partial charge on any atom is 0.313 e. The van der Waals surface area contributed by atoms with E-state index in [1.165, 1.54) is 6.07 Å². The normalized spacial score (nSPS) is 25.7. The van der Waals surface area contributed by atoms with Gasteiger partial charge in [0, 0.05) is 13.0 Å². The summed E-state index contributed by atoms with van der Waals surface area (Å²) >= 11 is 5.98. The standard InChI is InChI=1S/C12H13ClFNO4/c1-2-18-12-8(13)6-11(12)19-10-4-3-7(14)5-9(10)15(16)17/h3-5,8,11-12H,2,6H2,1H3. The molecule has 0 radical (unpaired) electrons. The van der Waals surface area contributed by atoms with Crippen LogP contribution in [-0.4, -0.2) is 29.1 Å². The third kappa shape index (κ3) is 2.96. The van der Waals surface area contributed by atoms with Crippen molar-refractivity contribution < 1.29 is 18.8 Å². The zero-order chi connectivity index (χ0) is 14.0. The lowest BCUT2D eigenvalue weighted by Crippen LogP contribution is -2.52. The summed E-state index contributed by atoms with van der Waals surface area (Å²) in [5.41, 5.74) is -0.395. The Kier molecular flexibility index (Phi) is 4.21. The van der Waals surface area contributed by atoms with Gasteiger partial charge in [-0.2, -0.15) is 0 Å². The van der Waals surface area contributed by atoms with Gasteiger partial charge in [-0.1, -0.05) is 0 Å². The summed E-state index contributed by atoms with van der Waals surface area (Å²) in [4.78, 5) is 10.2. The maximum absolute atomic E-state index is 13.0. The molecule has 2 rings (SSSR count). The Balaban J connectivity index is 2.13. The fourth-order valence-corrected chi connectivity index (χ4v) is 2.35. The van der Waals surface area contributed by atoms with E-state index in [1.807, 2.05) is 6.92 Å². The van der Waals surface area contributed by atoms with Gasteiger partial charge in [-0.15, -0.1) is 11.6 Å². The Morgan fingerprint density at radius 3 is 2.89 bits per heavy atom. The number of rotatable bonds is 5. The first kappa shape index (κ1) is 14.0. The van der Waals surface area contributed by atoms with E-state index in [4.69, 9.17) is 21.1 Å². The second-order valence-electron chi connectivity index (χ2n) is 4.20. The van der Waals surface area contributed by atoms with Crippen LogP contribution in [0, 0.1) is 15.9 Å². The van der Waals surface area contributed by atoms with Gasteiger partial charge in [-0.25, -0.2) is 4.39 Å². The molecule has 0 saturated heterocycles. The number of alkyl halides is 1. The molecule has 0 aromatic heterocycles. The predicted octanol–water partition coefficient (Wildman–Crippen LogP) is 2.90. The van der Waals surface area contributed by atoms with Crippen LogP contribution in [0.5, 0.6) is 5.75 Å². The van der Waals surface area contributed by atoms with Gasteiger partial charge < -0.3 is 9.47 Å². The van der Waals surface area contributed by atoms with E-state index in [0.29, 0.717) is 13.0 Å². The van der Waals surface area contributed by atoms with Crippen LogP contribution < -0.4 is 4.74 Å². The minimum absolute atomic E-state index is 0.0321. The Morgan fingerprint density at radius 1 is 1.58 bits per heavy atom. The molecule has 1 saturated carbocycles. The second-order valence-corrected chi connectivity index (χ2v) is 4.76. The van der Waals surface area contributed by atoms with E-state index in [-0.39, 0.29) is 23.3 Å². The number of benzene rings is 1. The van der Waals surface area contributed by atoms with Crippen LogP contribution in [0.3, 0.4) is 0 Å². The van der Waals surface area contributed by atoms with E-state index < -0.39 is 16.4 Å². The van der Waals surface area contributed by atoms with Crippen molar-refractivity contribution in [3.63, 3.8) is 0 Å². The molecule has 5 nitrogen and oxygen atoms in total. The summed E-state index contributed by atoms with van der Waals surface area (Å²) in [6.07, 6.45) is -0.0938. The van der Waals surface area contributed by atoms with E-state index in [1.54, 1.807) is 0 Å². The SMILES string of the molecule is CCOC1C(Cl)CC1Oc1ccc(F)cc1[N+](=O)[O-]. The van der Waals surface area contributed by atoms with Gasteiger partial charge in [0.1, 0.15) is 18.0 Å². The molecular formula is C12H13ClFNO4. The van der Waals surface area contributed by atoms with Crippen molar-refractivity contribution in [1.82, 2.24) is 0 Å². The number of hydrogen-bond acceptors (Lipinski definition) is 4. The summed E-state index contributed by atoms with van der Waals surface area (Å²) in [5, 5.41) is 10.7. The van der Waals surface area contributed by atoms with Crippen LogP contribution in [0.25, 0.3) is 0 Å². The molecular weight excluding hydrogens is 277 g/mol. The minimum Gasteiger partial charge on any atom is -0.481 e. The van der Waals surface area contributed by atoms with Crippen molar-refractivity contribution in [1.29, 1.82) is 0 Å². The molecule has 3 unspecified atom stereocenters. The Labute approximate surface area is 114 Å². The molecule has 0 heterocycles. The van der Waals surface area contributed by atoms with Crippen LogP contribution in [0.1, 0.15) is 13.3 Å². The average Bonchev–Trinajstić information content (AvgIpc) is 2.37. The molecule has 0 N–H and O–H groups in total. The molecule has 1 aliphatic carbocycles. The Morgan fingerprint density at radius 2 is 2.32 bits per heavy atom. The van der Waals surface area contributed by atoms with Crippen LogP contribution in [0.4, 0.5) is 10.1 Å². The lowest BCUT2D eigenvalue weighted by Gasteiger charge is -2.40. The second kappa shape index (κ2) is 5.71. The van der Waals surface area contributed by atoms with Crippen LogP contribution in [0.2, 0.25) is 0 Å². The first-order valence-electron chi connectivity index (χ1n) is 5.89. The molecule has 1 aromatic rings. The zero-order valence-electron chi connectivity index (χ0n) is 10.2. The van der Waals surface area contributed by atoms with Crippen molar-refractivity contribution in [2.45, 2.75) is 30.9 Å². The molecule has 1 aromatic carbocycles. The summed E-state index contributed by atoms with van der Waals surface area (Å²) < 4.78 is 23.9. The Bertz CT molecular complexity index is 485. The number of nitro benzene ring substituents is 1. The van der Waals surface area contributed by atoms with Gasteiger partial charge in [0.2, 0.25) is 0 Å². The fourth-order valence-electron chi connectivity index (χ4n) is 1.94. The van der Waals surface area contributed by atoms with E-state index in [9.17, 15) is 14.5 Å². The first-order valence-corrected chi connectivity index (χ1v) is 6.32. The molecule has 0 aliphatic heterocycles. The number of nitro groups is 1. The average molecular weight is 290 g/mol. The van der Waals surface area contributed by atoms with Crippen molar-refractivity contribution in [2.24, 2.45) is 0 Å². The summed E-state index contributed by atoms with van der Waals surface area (Å²) in [5.74, 6) is -0.645. The summed E-state index contributed by atoms with van der Waals surface area (Å²) in [7, 11) is 0. The van der Waals surface area contributed by atoms with Crippen LogP contribution in [0.15, 0.2) is 18.2 Å². The molecule has 0 amide bonds. The maximum atomic E-state index is 13.0. The van der Waals surface area contributed by atoms with Gasteiger partial charge in [-0.05, 0) is 19.1 Å². The molecule has 104 valence electrons. The Hall–Kier alpha value is -1.40. The molecule has 0 spiro atoms.